The maximum Gasteiger partial charge on any atom is 0.257 e. The molecule has 0 aliphatic rings. The van der Waals surface area contributed by atoms with Crippen molar-refractivity contribution < 1.29 is 9.59 Å². The zero-order valence-electron chi connectivity index (χ0n) is 16.9. The molecule has 2 amide bonds. The van der Waals surface area contributed by atoms with Gasteiger partial charge in [-0.15, -0.1) is 0 Å². The minimum Gasteiger partial charge on any atom is -0.322 e. The van der Waals surface area contributed by atoms with Gasteiger partial charge in [0.25, 0.3) is 5.91 Å². The quantitative estimate of drug-likeness (QED) is 0.354. The van der Waals surface area contributed by atoms with Crippen molar-refractivity contribution in [3.05, 3.63) is 99.5 Å². The molecule has 0 aromatic heterocycles. The molecule has 3 rings (SSSR count). The van der Waals surface area contributed by atoms with Crippen molar-refractivity contribution in [1.29, 1.82) is 0 Å². The zero-order chi connectivity index (χ0) is 22.2. The SMILES string of the molecule is C/C(=N/NC(=O)CCc1ccccc1)c1ccc(NC(=O)c2ccc(Cl)cc2Cl)cc1. The molecular formula is C24H21Cl2N3O2. The summed E-state index contributed by atoms with van der Waals surface area (Å²) in [4.78, 5) is 24.4. The maximum atomic E-state index is 12.4. The fourth-order valence-electron chi connectivity index (χ4n) is 2.84. The molecule has 3 aromatic carbocycles. The number of aryl methyl sites for hydroxylation is 1. The topological polar surface area (TPSA) is 70.6 Å². The van der Waals surface area contributed by atoms with Gasteiger partial charge < -0.3 is 5.32 Å². The fraction of sp³-hybridized carbons (Fsp3) is 0.125. The van der Waals surface area contributed by atoms with E-state index in [4.69, 9.17) is 23.2 Å². The Hall–Kier alpha value is -3.15. The van der Waals surface area contributed by atoms with E-state index in [0.29, 0.717) is 34.8 Å². The van der Waals surface area contributed by atoms with E-state index >= 15 is 0 Å². The van der Waals surface area contributed by atoms with Gasteiger partial charge in [0, 0.05) is 17.1 Å². The van der Waals surface area contributed by atoms with E-state index < -0.39 is 0 Å². The molecule has 0 atom stereocenters. The van der Waals surface area contributed by atoms with Gasteiger partial charge in [-0.1, -0.05) is 65.7 Å². The number of hydrazone groups is 1. The van der Waals surface area contributed by atoms with Crippen molar-refractivity contribution in [3.63, 3.8) is 0 Å². The summed E-state index contributed by atoms with van der Waals surface area (Å²) in [6, 6.07) is 21.7. The highest BCUT2D eigenvalue weighted by Gasteiger charge is 2.11. The predicted molar refractivity (Wildman–Crippen MR) is 126 cm³/mol. The first-order chi connectivity index (χ1) is 14.9. The molecule has 0 saturated heterocycles. The summed E-state index contributed by atoms with van der Waals surface area (Å²) in [5.41, 5.74) is 6.12. The van der Waals surface area contributed by atoms with E-state index in [9.17, 15) is 9.59 Å². The van der Waals surface area contributed by atoms with Crippen LogP contribution in [-0.2, 0) is 11.2 Å². The molecule has 0 aliphatic heterocycles. The molecule has 5 nitrogen and oxygen atoms in total. The second-order valence-electron chi connectivity index (χ2n) is 6.87. The first-order valence-corrected chi connectivity index (χ1v) is 10.4. The minimum atomic E-state index is -0.328. The Balaban J connectivity index is 1.54. The molecule has 0 radical (unpaired) electrons. The van der Waals surface area contributed by atoms with Crippen LogP contribution in [0.25, 0.3) is 0 Å². The highest BCUT2D eigenvalue weighted by molar-refractivity contribution is 6.37. The third kappa shape index (κ3) is 6.67. The van der Waals surface area contributed by atoms with E-state index in [1.807, 2.05) is 42.5 Å². The number of amides is 2. The van der Waals surface area contributed by atoms with Gasteiger partial charge in [0.1, 0.15) is 0 Å². The molecule has 2 N–H and O–H groups in total. The molecule has 0 spiro atoms. The Morgan fingerprint density at radius 2 is 1.65 bits per heavy atom. The van der Waals surface area contributed by atoms with Crippen LogP contribution in [-0.4, -0.2) is 17.5 Å². The number of rotatable bonds is 7. The number of anilines is 1. The Bertz CT molecular complexity index is 1100. The molecular weight excluding hydrogens is 433 g/mol. The predicted octanol–water partition coefficient (Wildman–Crippen LogP) is 5.72. The molecule has 31 heavy (non-hydrogen) atoms. The van der Waals surface area contributed by atoms with Crippen LogP contribution in [0.5, 0.6) is 0 Å². The van der Waals surface area contributed by atoms with Crippen LogP contribution >= 0.6 is 23.2 Å². The van der Waals surface area contributed by atoms with Crippen molar-refractivity contribution in [2.24, 2.45) is 5.10 Å². The number of hydrogen-bond donors (Lipinski definition) is 2. The lowest BCUT2D eigenvalue weighted by atomic mass is 10.1. The summed E-state index contributed by atoms with van der Waals surface area (Å²) in [5, 5.41) is 7.71. The third-order valence-corrected chi connectivity index (χ3v) is 5.12. The van der Waals surface area contributed by atoms with Crippen LogP contribution in [0.15, 0.2) is 77.9 Å². The molecule has 0 fully saturated rings. The highest BCUT2D eigenvalue weighted by Crippen LogP contribution is 2.22. The molecule has 0 saturated carbocycles. The van der Waals surface area contributed by atoms with Gasteiger partial charge in [-0.25, -0.2) is 5.43 Å². The number of hydrogen-bond acceptors (Lipinski definition) is 3. The Morgan fingerprint density at radius 1 is 0.935 bits per heavy atom. The number of carbonyl (C=O) groups excluding carboxylic acids is 2. The second kappa shape index (κ2) is 10.8. The Labute approximate surface area is 191 Å². The first kappa shape index (κ1) is 22.5. The lowest BCUT2D eigenvalue weighted by Crippen LogP contribution is -2.19. The van der Waals surface area contributed by atoms with E-state index in [1.54, 1.807) is 31.2 Å². The fourth-order valence-corrected chi connectivity index (χ4v) is 3.33. The summed E-state index contributed by atoms with van der Waals surface area (Å²) in [6.07, 6.45) is 1.02. The van der Waals surface area contributed by atoms with Crippen LogP contribution in [0.1, 0.15) is 34.8 Å². The van der Waals surface area contributed by atoms with Gasteiger partial charge in [-0.2, -0.15) is 5.10 Å². The molecule has 3 aromatic rings. The van der Waals surface area contributed by atoms with Gasteiger partial charge in [0.15, 0.2) is 0 Å². The molecule has 0 unspecified atom stereocenters. The zero-order valence-corrected chi connectivity index (χ0v) is 18.4. The van der Waals surface area contributed by atoms with Crippen LogP contribution in [0.4, 0.5) is 5.69 Å². The average Bonchev–Trinajstić information content (AvgIpc) is 2.77. The smallest absolute Gasteiger partial charge is 0.257 e. The molecule has 7 heteroatoms. The number of carbonyl (C=O) groups is 2. The maximum absolute atomic E-state index is 12.4. The molecule has 0 bridgehead atoms. The van der Waals surface area contributed by atoms with E-state index in [1.165, 1.54) is 6.07 Å². The molecule has 0 heterocycles. The van der Waals surface area contributed by atoms with Crippen molar-refractivity contribution in [2.45, 2.75) is 19.8 Å². The minimum absolute atomic E-state index is 0.146. The summed E-state index contributed by atoms with van der Waals surface area (Å²) in [5.74, 6) is -0.475. The van der Waals surface area contributed by atoms with Crippen LogP contribution in [0.2, 0.25) is 10.0 Å². The summed E-state index contributed by atoms with van der Waals surface area (Å²) >= 11 is 11.9. The van der Waals surface area contributed by atoms with Gasteiger partial charge in [-0.05, 0) is 54.8 Å². The standard InChI is InChI=1S/C24H21Cl2N3O2/c1-16(28-29-23(30)14-7-17-5-3-2-4-6-17)18-8-11-20(12-9-18)27-24(31)21-13-10-19(25)15-22(21)26/h2-6,8-13,15H,7,14H2,1H3,(H,27,31)(H,29,30)/b28-16-. The van der Waals surface area contributed by atoms with Crippen molar-refractivity contribution >= 4 is 46.4 Å². The van der Waals surface area contributed by atoms with E-state index in [-0.39, 0.29) is 16.8 Å². The number of nitrogens with zero attached hydrogens (tertiary/aromatic N) is 1. The van der Waals surface area contributed by atoms with Gasteiger partial charge >= 0.3 is 0 Å². The van der Waals surface area contributed by atoms with Crippen LogP contribution < -0.4 is 10.7 Å². The molecule has 0 aliphatic carbocycles. The van der Waals surface area contributed by atoms with Crippen LogP contribution in [0, 0.1) is 0 Å². The van der Waals surface area contributed by atoms with E-state index in [0.717, 1.165) is 11.1 Å². The summed E-state index contributed by atoms with van der Waals surface area (Å²) in [7, 11) is 0. The number of halogens is 2. The lowest BCUT2D eigenvalue weighted by molar-refractivity contribution is -0.121. The lowest BCUT2D eigenvalue weighted by Gasteiger charge is -2.08. The van der Waals surface area contributed by atoms with E-state index in [2.05, 4.69) is 15.8 Å². The second-order valence-corrected chi connectivity index (χ2v) is 7.72. The first-order valence-electron chi connectivity index (χ1n) is 9.66. The third-order valence-electron chi connectivity index (χ3n) is 4.57. The normalized spacial score (nSPS) is 11.1. The van der Waals surface area contributed by atoms with Gasteiger partial charge in [-0.3, -0.25) is 9.59 Å². The summed E-state index contributed by atoms with van der Waals surface area (Å²) < 4.78 is 0. The summed E-state index contributed by atoms with van der Waals surface area (Å²) in [6.45, 7) is 1.80. The number of nitrogens with one attached hydrogen (secondary N) is 2. The average molecular weight is 454 g/mol. The molecule has 158 valence electrons. The van der Waals surface area contributed by atoms with Crippen molar-refractivity contribution in [1.82, 2.24) is 5.43 Å². The largest absolute Gasteiger partial charge is 0.322 e. The Kier molecular flexibility index (Phi) is 7.82. The van der Waals surface area contributed by atoms with Crippen LogP contribution in [0.3, 0.4) is 0 Å². The van der Waals surface area contributed by atoms with Crippen molar-refractivity contribution in [3.8, 4) is 0 Å². The monoisotopic (exact) mass is 453 g/mol. The number of benzene rings is 3. The Morgan fingerprint density at radius 3 is 2.32 bits per heavy atom. The van der Waals surface area contributed by atoms with Crippen molar-refractivity contribution in [2.75, 3.05) is 5.32 Å². The highest BCUT2D eigenvalue weighted by atomic mass is 35.5. The van der Waals surface area contributed by atoms with Gasteiger partial charge in [0.2, 0.25) is 5.91 Å². The van der Waals surface area contributed by atoms with Gasteiger partial charge in [0.05, 0.1) is 16.3 Å².